The predicted molar refractivity (Wildman–Crippen MR) is 77.2 cm³/mol. The van der Waals surface area contributed by atoms with E-state index in [9.17, 15) is 0 Å². The molecular formula is C15H22N2O3. The number of rotatable bonds is 8. The van der Waals surface area contributed by atoms with Crippen LogP contribution >= 0.6 is 0 Å². The monoisotopic (exact) mass is 278 g/mol. The first-order valence-electron chi connectivity index (χ1n) is 6.57. The van der Waals surface area contributed by atoms with Gasteiger partial charge in [-0.3, -0.25) is 0 Å². The highest BCUT2D eigenvalue weighted by molar-refractivity contribution is 5.54. The fourth-order valence-electron chi connectivity index (χ4n) is 1.79. The molecule has 5 nitrogen and oxygen atoms in total. The summed E-state index contributed by atoms with van der Waals surface area (Å²) in [4.78, 5) is 0. The van der Waals surface area contributed by atoms with Crippen molar-refractivity contribution in [1.29, 1.82) is 5.26 Å². The van der Waals surface area contributed by atoms with Crippen molar-refractivity contribution in [3.63, 3.8) is 0 Å². The first-order valence-corrected chi connectivity index (χ1v) is 6.57. The molecule has 0 spiro atoms. The van der Waals surface area contributed by atoms with E-state index in [0.717, 1.165) is 18.7 Å². The Balaban J connectivity index is 2.91. The van der Waals surface area contributed by atoms with Crippen molar-refractivity contribution >= 4 is 0 Å². The van der Waals surface area contributed by atoms with Gasteiger partial charge in [-0.05, 0) is 30.2 Å². The Morgan fingerprint density at radius 2 is 1.80 bits per heavy atom. The maximum Gasteiger partial charge on any atom is 0.204 e. The van der Waals surface area contributed by atoms with E-state index >= 15 is 0 Å². The van der Waals surface area contributed by atoms with E-state index in [1.165, 1.54) is 0 Å². The molecule has 0 atom stereocenters. The molecule has 0 amide bonds. The van der Waals surface area contributed by atoms with Gasteiger partial charge in [0.1, 0.15) is 6.07 Å². The number of hydrogen-bond acceptors (Lipinski definition) is 5. The lowest BCUT2D eigenvalue weighted by Gasteiger charge is -2.15. The van der Waals surface area contributed by atoms with Crippen LogP contribution in [0, 0.1) is 17.2 Å². The number of ether oxygens (including phenoxy) is 3. The lowest BCUT2D eigenvalue weighted by atomic mass is 10.1. The molecule has 1 N–H and O–H groups in total. The Bertz CT molecular complexity index is 442. The van der Waals surface area contributed by atoms with Crippen molar-refractivity contribution in [2.45, 2.75) is 20.4 Å². The van der Waals surface area contributed by atoms with Crippen LogP contribution in [0.2, 0.25) is 0 Å². The zero-order chi connectivity index (χ0) is 15.0. The van der Waals surface area contributed by atoms with Crippen molar-refractivity contribution in [2.75, 3.05) is 27.4 Å². The highest BCUT2D eigenvalue weighted by Gasteiger charge is 2.14. The van der Waals surface area contributed by atoms with Crippen LogP contribution in [0.15, 0.2) is 12.1 Å². The fraction of sp³-hybridized carbons (Fsp3) is 0.533. The molecule has 1 rings (SSSR count). The molecule has 0 unspecified atom stereocenters. The summed E-state index contributed by atoms with van der Waals surface area (Å²) in [5, 5.41) is 12.0. The number of nitriles is 1. The second-order valence-electron chi connectivity index (χ2n) is 4.80. The highest BCUT2D eigenvalue weighted by atomic mass is 16.5. The van der Waals surface area contributed by atoms with E-state index in [1.807, 2.05) is 18.2 Å². The Morgan fingerprint density at radius 1 is 1.20 bits per heavy atom. The van der Waals surface area contributed by atoms with Crippen molar-refractivity contribution in [3.05, 3.63) is 17.7 Å². The van der Waals surface area contributed by atoms with Crippen LogP contribution in [-0.4, -0.2) is 27.4 Å². The third-order valence-electron chi connectivity index (χ3n) is 2.68. The van der Waals surface area contributed by atoms with Gasteiger partial charge in [0.15, 0.2) is 18.1 Å². The average Bonchev–Trinajstić information content (AvgIpc) is 2.44. The third kappa shape index (κ3) is 4.63. The van der Waals surface area contributed by atoms with Gasteiger partial charge in [0.05, 0.1) is 14.2 Å². The zero-order valence-electron chi connectivity index (χ0n) is 12.5. The Kier molecular flexibility index (Phi) is 6.68. The van der Waals surface area contributed by atoms with Gasteiger partial charge in [-0.15, -0.1) is 0 Å². The molecule has 0 fully saturated rings. The molecule has 0 aliphatic rings. The van der Waals surface area contributed by atoms with Crippen molar-refractivity contribution in [3.8, 4) is 23.3 Å². The van der Waals surface area contributed by atoms with E-state index in [4.69, 9.17) is 19.5 Å². The number of nitrogens with one attached hydrogen (secondary N) is 1. The molecule has 0 aliphatic carbocycles. The zero-order valence-corrected chi connectivity index (χ0v) is 12.5. The summed E-state index contributed by atoms with van der Waals surface area (Å²) < 4.78 is 16.0. The van der Waals surface area contributed by atoms with E-state index < -0.39 is 0 Å². The van der Waals surface area contributed by atoms with Gasteiger partial charge in [0, 0.05) is 6.54 Å². The van der Waals surface area contributed by atoms with Crippen LogP contribution in [0.5, 0.6) is 17.2 Å². The Labute approximate surface area is 120 Å². The molecule has 110 valence electrons. The first-order chi connectivity index (χ1) is 9.62. The lowest BCUT2D eigenvalue weighted by molar-refractivity contribution is 0.303. The maximum absolute atomic E-state index is 8.61. The van der Waals surface area contributed by atoms with Gasteiger partial charge < -0.3 is 19.5 Å². The molecular weight excluding hydrogens is 256 g/mol. The molecule has 0 bridgehead atoms. The van der Waals surface area contributed by atoms with Gasteiger partial charge in [-0.25, -0.2) is 0 Å². The number of nitrogens with zero attached hydrogens (tertiary/aromatic N) is 1. The minimum atomic E-state index is -0.0440. The summed E-state index contributed by atoms with van der Waals surface area (Å²) in [6, 6.07) is 5.72. The molecule has 0 aliphatic heterocycles. The molecule has 0 aromatic heterocycles. The third-order valence-corrected chi connectivity index (χ3v) is 2.68. The predicted octanol–water partition coefficient (Wildman–Crippen LogP) is 2.35. The lowest BCUT2D eigenvalue weighted by Crippen LogP contribution is -2.19. The van der Waals surface area contributed by atoms with Crippen molar-refractivity contribution in [1.82, 2.24) is 5.32 Å². The average molecular weight is 278 g/mol. The molecule has 1 aromatic carbocycles. The summed E-state index contributed by atoms with van der Waals surface area (Å²) in [7, 11) is 3.14. The molecule has 0 radical (unpaired) electrons. The second kappa shape index (κ2) is 8.28. The van der Waals surface area contributed by atoms with Crippen LogP contribution in [0.4, 0.5) is 0 Å². The summed E-state index contributed by atoms with van der Waals surface area (Å²) in [5.74, 6) is 2.20. The van der Waals surface area contributed by atoms with E-state index in [1.54, 1.807) is 14.2 Å². The molecule has 5 heteroatoms. The van der Waals surface area contributed by atoms with E-state index in [0.29, 0.717) is 23.2 Å². The summed E-state index contributed by atoms with van der Waals surface area (Å²) in [6.07, 6.45) is 0. The van der Waals surface area contributed by atoms with Gasteiger partial charge in [0.2, 0.25) is 5.75 Å². The van der Waals surface area contributed by atoms with E-state index in [2.05, 4.69) is 19.2 Å². The summed E-state index contributed by atoms with van der Waals surface area (Å²) in [6.45, 7) is 5.94. The van der Waals surface area contributed by atoms with E-state index in [-0.39, 0.29) is 6.61 Å². The van der Waals surface area contributed by atoms with Crippen molar-refractivity contribution in [2.24, 2.45) is 5.92 Å². The summed E-state index contributed by atoms with van der Waals surface area (Å²) in [5.41, 5.74) is 1.05. The van der Waals surface area contributed by atoms with Gasteiger partial charge in [-0.2, -0.15) is 5.26 Å². The number of benzene rings is 1. The maximum atomic E-state index is 8.61. The normalized spacial score (nSPS) is 10.2. The van der Waals surface area contributed by atoms with Crippen LogP contribution in [0.25, 0.3) is 0 Å². The quantitative estimate of drug-likeness (QED) is 0.791. The fourth-order valence-corrected chi connectivity index (χ4v) is 1.79. The standard InChI is InChI=1S/C15H22N2O3/c1-11(2)9-17-10-12-7-13(18-3)15(20-6-5-16)14(8-12)19-4/h7-8,11,17H,6,9-10H2,1-4H3. The largest absolute Gasteiger partial charge is 0.493 e. The minimum absolute atomic E-state index is 0.0440. The number of hydrogen-bond donors (Lipinski definition) is 1. The molecule has 0 saturated heterocycles. The van der Waals surface area contributed by atoms with Gasteiger partial charge >= 0.3 is 0 Å². The Morgan fingerprint density at radius 3 is 2.25 bits per heavy atom. The van der Waals surface area contributed by atoms with Crippen LogP contribution in [0.1, 0.15) is 19.4 Å². The molecule has 0 heterocycles. The highest BCUT2D eigenvalue weighted by Crippen LogP contribution is 2.38. The SMILES string of the molecule is COc1cc(CNCC(C)C)cc(OC)c1OCC#N. The van der Waals surface area contributed by atoms with Crippen LogP contribution in [-0.2, 0) is 6.54 Å². The minimum Gasteiger partial charge on any atom is -0.493 e. The number of methoxy groups -OCH3 is 2. The Hall–Kier alpha value is -1.93. The summed E-state index contributed by atoms with van der Waals surface area (Å²) >= 11 is 0. The van der Waals surface area contributed by atoms with Gasteiger partial charge in [-0.1, -0.05) is 13.8 Å². The molecule has 1 aromatic rings. The van der Waals surface area contributed by atoms with Crippen molar-refractivity contribution < 1.29 is 14.2 Å². The van der Waals surface area contributed by atoms with Crippen LogP contribution < -0.4 is 19.5 Å². The first kappa shape index (κ1) is 16.1. The van der Waals surface area contributed by atoms with Gasteiger partial charge in [0.25, 0.3) is 0 Å². The second-order valence-corrected chi connectivity index (χ2v) is 4.80. The topological polar surface area (TPSA) is 63.5 Å². The van der Waals surface area contributed by atoms with Crippen LogP contribution in [0.3, 0.4) is 0 Å². The smallest absolute Gasteiger partial charge is 0.204 e. The molecule has 20 heavy (non-hydrogen) atoms. The molecule has 0 saturated carbocycles.